The van der Waals surface area contributed by atoms with E-state index in [1.54, 1.807) is 0 Å². The number of nitrogens with zero attached hydrogens (tertiary/aromatic N) is 2. The number of hydrogen-bond acceptors (Lipinski definition) is 5. The summed E-state index contributed by atoms with van der Waals surface area (Å²) in [5.41, 5.74) is 0.459. The number of halogens is 3. The van der Waals surface area contributed by atoms with E-state index in [1.807, 2.05) is 19.2 Å². The van der Waals surface area contributed by atoms with Crippen LogP contribution in [0.4, 0.5) is 18.3 Å². The van der Waals surface area contributed by atoms with Gasteiger partial charge in [0.1, 0.15) is 6.26 Å². The summed E-state index contributed by atoms with van der Waals surface area (Å²) in [4.78, 5) is 20.5. The van der Waals surface area contributed by atoms with Crippen molar-refractivity contribution < 1.29 is 22.4 Å². The van der Waals surface area contributed by atoms with Gasteiger partial charge in [0.05, 0.1) is 11.3 Å². The predicted molar refractivity (Wildman–Crippen MR) is 91.1 cm³/mol. The Morgan fingerprint density at radius 2 is 1.88 bits per heavy atom. The van der Waals surface area contributed by atoms with Gasteiger partial charge in [-0.3, -0.25) is 10.1 Å². The summed E-state index contributed by atoms with van der Waals surface area (Å²) < 4.78 is 43.0. The van der Waals surface area contributed by atoms with Gasteiger partial charge < -0.3 is 4.42 Å². The Kier molecular flexibility index (Phi) is 4.82. The summed E-state index contributed by atoms with van der Waals surface area (Å²) in [6, 6.07) is 4.35. The van der Waals surface area contributed by atoms with Gasteiger partial charge in [0.15, 0.2) is 10.8 Å². The highest BCUT2D eigenvalue weighted by molar-refractivity contribution is 7.14. The Morgan fingerprint density at radius 3 is 2.46 bits per heavy atom. The molecule has 136 valence electrons. The largest absolute Gasteiger partial charge is 0.444 e. The van der Waals surface area contributed by atoms with Crippen LogP contribution in [0.25, 0.3) is 11.5 Å². The number of rotatable bonds is 4. The van der Waals surface area contributed by atoms with Crippen LogP contribution in [0.3, 0.4) is 0 Å². The van der Waals surface area contributed by atoms with Gasteiger partial charge in [-0.15, -0.1) is 11.3 Å². The van der Waals surface area contributed by atoms with Crippen molar-refractivity contribution in [2.75, 3.05) is 5.32 Å². The molecule has 3 aromatic rings. The third-order valence-electron chi connectivity index (χ3n) is 3.53. The zero-order valence-electron chi connectivity index (χ0n) is 13.8. The van der Waals surface area contributed by atoms with Gasteiger partial charge >= 0.3 is 6.18 Å². The van der Waals surface area contributed by atoms with E-state index in [-0.39, 0.29) is 17.5 Å². The maximum Gasteiger partial charge on any atom is 0.416 e. The Hall–Kier alpha value is -2.68. The van der Waals surface area contributed by atoms with E-state index in [2.05, 4.69) is 15.3 Å². The molecule has 2 aromatic heterocycles. The van der Waals surface area contributed by atoms with Crippen molar-refractivity contribution in [3.8, 4) is 11.5 Å². The number of nitrogens with one attached hydrogen (secondary N) is 1. The standard InChI is InChI=1S/C17H14F3N3O2S/c1-9(2)13-8-26-16(22-13)23-14(24)12-7-25-15(21-12)10-3-5-11(6-4-10)17(18,19)20/h3-9H,1-2H3,(H,22,23,24). The number of amides is 1. The fourth-order valence-electron chi connectivity index (χ4n) is 2.08. The number of hydrogen-bond donors (Lipinski definition) is 1. The molecule has 1 amide bonds. The minimum atomic E-state index is -4.41. The van der Waals surface area contributed by atoms with Crippen molar-refractivity contribution in [1.82, 2.24) is 9.97 Å². The molecular weight excluding hydrogens is 367 g/mol. The van der Waals surface area contributed by atoms with E-state index >= 15 is 0 Å². The highest BCUT2D eigenvalue weighted by atomic mass is 32.1. The highest BCUT2D eigenvalue weighted by Gasteiger charge is 2.30. The second-order valence-electron chi connectivity index (χ2n) is 5.80. The van der Waals surface area contributed by atoms with Gasteiger partial charge in [-0.1, -0.05) is 13.8 Å². The lowest BCUT2D eigenvalue weighted by molar-refractivity contribution is -0.137. The predicted octanol–water partition coefficient (Wildman–Crippen LogP) is 5.19. The van der Waals surface area contributed by atoms with Crippen molar-refractivity contribution in [3.05, 3.63) is 52.9 Å². The third kappa shape index (κ3) is 3.93. The first-order valence-corrected chi connectivity index (χ1v) is 8.52. The first kappa shape index (κ1) is 18.1. The fraction of sp³-hybridized carbons (Fsp3) is 0.235. The van der Waals surface area contributed by atoms with E-state index < -0.39 is 17.6 Å². The van der Waals surface area contributed by atoms with Crippen LogP contribution in [0.2, 0.25) is 0 Å². The topological polar surface area (TPSA) is 68.0 Å². The first-order valence-electron chi connectivity index (χ1n) is 7.64. The molecule has 9 heteroatoms. The van der Waals surface area contributed by atoms with E-state index in [4.69, 9.17) is 4.42 Å². The summed E-state index contributed by atoms with van der Waals surface area (Å²) in [5, 5.41) is 4.92. The second kappa shape index (κ2) is 6.91. The summed E-state index contributed by atoms with van der Waals surface area (Å²) in [7, 11) is 0. The van der Waals surface area contributed by atoms with Crippen LogP contribution in [0, 0.1) is 0 Å². The average molecular weight is 381 g/mol. The summed E-state index contributed by atoms with van der Waals surface area (Å²) >= 11 is 1.30. The molecular formula is C17H14F3N3O2S. The molecule has 0 saturated carbocycles. The molecule has 0 radical (unpaired) electrons. The molecule has 26 heavy (non-hydrogen) atoms. The van der Waals surface area contributed by atoms with Crippen LogP contribution in [0.5, 0.6) is 0 Å². The lowest BCUT2D eigenvalue weighted by Crippen LogP contribution is -2.12. The van der Waals surface area contributed by atoms with E-state index in [9.17, 15) is 18.0 Å². The minimum Gasteiger partial charge on any atom is -0.444 e. The molecule has 0 aliphatic carbocycles. The number of oxazole rings is 1. The van der Waals surface area contributed by atoms with E-state index in [0.29, 0.717) is 10.7 Å². The van der Waals surface area contributed by atoms with Gasteiger partial charge in [0.2, 0.25) is 5.89 Å². The molecule has 0 aliphatic rings. The van der Waals surface area contributed by atoms with Crippen molar-refractivity contribution in [2.24, 2.45) is 0 Å². The van der Waals surface area contributed by atoms with Crippen LogP contribution < -0.4 is 5.32 Å². The van der Waals surface area contributed by atoms with Crippen molar-refractivity contribution in [2.45, 2.75) is 25.9 Å². The molecule has 0 saturated heterocycles. The van der Waals surface area contributed by atoms with E-state index in [0.717, 1.165) is 24.1 Å². The summed E-state index contributed by atoms with van der Waals surface area (Å²) in [6.45, 7) is 3.99. The summed E-state index contributed by atoms with van der Waals surface area (Å²) in [5.74, 6) is -0.197. The maximum atomic E-state index is 12.6. The third-order valence-corrected chi connectivity index (χ3v) is 4.31. The quantitative estimate of drug-likeness (QED) is 0.675. The molecule has 3 rings (SSSR count). The normalized spacial score (nSPS) is 11.8. The van der Waals surface area contributed by atoms with Crippen LogP contribution >= 0.6 is 11.3 Å². The molecule has 0 aliphatic heterocycles. The number of anilines is 1. The summed E-state index contributed by atoms with van der Waals surface area (Å²) in [6.07, 6.45) is -3.26. The Morgan fingerprint density at radius 1 is 1.19 bits per heavy atom. The molecule has 0 unspecified atom stereocenters. The number of carbonyl (C=O) groups is 1. The van der Waals surface area contributed by atoms with Crippen LogP contribution in [-0.2, 0) is 6.18 Å². The lowest BCUT2D eigenvalue weighted by atomic mass is 10.1. The van der Waals surface area contributed by atoms with Gasteiger partial charge in [-0.2, -0.15) is 13.2 Å². The molecule has 1 aromatic carbocycles. The van der Waals surface area contributed by atoms with Crippen molar-refractivity contribution in [1.29, 1.82) is 0 Å². The lowest BCUT2D eigenvalue weighted by Gasteiger charge is -2.05. The van der Waals surface area contributed by atoms with Gasteiger partial charge in [-0.25, -0.2) is 9.97 Å². The first-order chi connectivity index (χ1) is 12.2. The van der Waals surface area contributed by atoms with Gasteiger partial charge in [-0.05, 0) is 30.2 Å². The Labute approximate surface area is 150 Å². The molecule has 0 fully saturated rings. The zero-order valence-corrected chi connectivity index (χ0v) is 14.6. The molecule has 0 bridgehead atoms. The number of carbonyl (C=O) groups excluding carboxylic acids is 1. The van der Waals surface area contributed by atoms with Crippen molar-refractivity contribution in [3.63, 3.8) is 0 Å². The van der Waals surface area contributed by atoms with Crippen LogP contribution in [0.1, 0.15) is 41.5 Å². The van der Waals surface area contributed by atoms with Crippen LogP contribution in [0.15, 0.2) is 40.3 Å². The maximum absolute atomic E-state index is 12.6. The van der Waals surface area contributed by atoms with E-state index in [1.165, 1.54) is 23.5 Å². The SMILES string of the molecule is CC(C)c1csc(NC(=O)c2coc(-c3ccc(C(F)(F)F)cc3)n2)n1. The van der Waals surface area contributed by atoms with Gasteiger partial charge in [0.25, 0.3) is 5.91 Å². The number of aromatic nitrogens is 2. The number of benzene rings is 1. The molecule has 2 heterocycles. The monoisotopic (exact) mass is 381 g/mol. The van der Waals surface area contributed by atoms with Crippen LogP contribution in [-0.4, -0.2) is 15.9 Å². The van der Waals surface area contributed by atoms with Crippen molar-refractivity contribution >= 4 is 22.4 Å². The fourth-order valence-corrected chi connectivity index (χ4v) is 2.95. The zero-order chi connectivity index (χ0) is 18.9. The average Bonchev–Trinajstić information content (AvgIpc) is 3.23. The second-order valence-corrected chi connectivity index (χ2v) is 6.66. The minimum absolute atomic E-state index is 0.0150. The smallest absolute Gasteiger partial charge is 0.416 e. The highest BCUT2D eigenvalue weighted by Crippen LogP contribution is 2.31. The number of thiazole rings is 1. The molecule has 1 N–H and O–H groups in total. The molecule has 5 nitrogen and oxygen atoms in total. The number of alkyl halides is 3. The Balaban J connectivity index is 1.73. The molecule has 0 atom stereocenters. The Bertz CT molecular complexity index is 914. The molecule has 0 spiro atoms. The van der Waals surface area contributed by atoms with Gasteiger partial charge in [0, 0.05) is 10.9 Å².